The Bertz CT molecular complexity index is 1090. The highest BCUT2D eigenvalue weighted by Crippen LogP contribution is 2.29. The summed E-state index contributed by atoms with van der Waals surface area (Å²) in [5.74, 6) is 0.00517. The number of carbonyl (C=O) groups is 2. The third kappa shape index (κ3) is 4.35. The standard InChI is InChI=1S/C21H25NO7S/c1-13-9-18(14(2)22(13)15-7-8-30(25,26)12-15)19(23)11-29-21(24)17-6-5-16(27-3)10-20(17)28-4/h5-6,9-10,15H,7-8,11-12H2,1-4H3/t15-/m0/s1. The van der Waals surface area contributed by atoms with Gasteiger partial charge in [0.1, 0.15) is 17.1 Å². The van der Waals surface area contributed by atoms with Crippen LogP contribution in [0.1, 0.15) is 44.6 Å². The number of hydrogen-bond donors (Lipinski definition) is 0. The molecule has 1 fully saturated rings. The maximum atomic E-state index is 12.7. The van der Waals surface area contributed by atoms with Crippen molar-refractivity contribution in [1.29, 1.82) is 0 Å². The Balaban J connectivity index is 1.73. The van der Waals surface area contributed by atoms with Crippen molar-refractivity contribution in [3.8, 4) is 11.5 Å². The van der Waals surface area contributed by atoms with Crippen molar-refractivity contribution in [2.24, 2.45) is 0 Å². The number of ether oxygens (including phenoxy) is 3. The maximum Gasteiger partial charge on any atom is 0.342 e. The highest BCUT2D eigenvalue weighted by molar-refractivity contribution is 7.91. The van der Waals surface area contributed by atoms with Crippen LogP contribution in [0.5, 0.6) is 11.5 Å². The molecular formula is C21H25NO7S. The van der Waals surface area contributed by atoms with Gasteiger partial charge in [-0.15, -0.1) is 0 Å². The number of benzene rings is 1. The molecular weight excluding hydrogens is 410 g/mol. The molecule has 3 rings (SSSR count). The highest BCUT2D eigenvalue weighted by Gasteiger charge is 2.31. The molecule has 0 radical (unpaired) electrons. The Morgan fingerprint density at radius 1 is 1.10 bits per heavy atom. The number of hydrogen-bond acceptors (Lipinski definition) is 7. The molecule has 0 amide bonds. The van der Waals surface area contributed by atoms with E-state index < -0.39 is 22.4 Å². The van der Waals surface area contributed by atoms with Crippen molar-refractivity contribution in [3.63, 3.8) is 0 Å². The van der Waals surface area contributed by atoms with Gasteiger partial charge in [0.2, 0.25) is 5.78 Å². The highest BCUT2D eigenvalue weighted by atomic mass is 32.2. The van der Waals surface area contributed by atoms with E-state index >= 15 is 0 Å². The number of nitrogens with zero attached hydrogens (tertiary/aromatic N) is 1. The zero-order valence-electron chi connectivity index (χ0n) is 17.4. The van der Waals surface area contributed by atoms with Gasteiger partial charge in [-0.25, -0.2) is 13.2 Å². The summed E-state index contributed by atoms with van der Waals surface area (Å²) >= 11 is 0. The molecule has 1 aromatic heterocycles. The summed E-state index contributed by atoms with van der Waals surface area (Å²) in [7, 11) is -0.120. The lowest BCUT2D eigenvalue weighted by Gasteiger charge is -2.16. The second kappa shape index (κ2) is 8.51. The smallest absolute Gasteiger partial charge is 0.342 e. The Kier molecular flexibility index (Phi) is 6.21. The van der Waals surface area contributed by atoms with Crippen molar-refractivity contribution in [2.45, 2.75) is 26.3 Å². The SMILES string of the molecule is COc1ccc(C(=O)OCC(=O)c2cc(C)n([C@H]3CCS(=O)(=O)C3)c2C)c(OC)c1. The monoisotopic (exact) mass is 435 g/mol. The topological polar surface area (TPSA) is 101 Å². The molecule has 1 saturated heterocycles. The Morgan fingerprint density at radius 2 is 1.83 bits per heavy atom. The quantitative estimate of drug-likeness (QED) is 0.486. The average molecular weight is 435 g/mol. The number of sulfone groups is 1. The van der Waals surface area contributed by atoms with Crippen LogP contribution in [0.2, 0.25) is 0 Å². The van der Waals surface area contributed by atoms with Gasteiger partial charge < -0.3 is 18.8 Å². The lowest BCUT2D eigenvalue weighted by molar-refractivity contribution is 0.0471. The van der Waals surface area contributed by atoms with Crippen molar-refractivity contribution in [3.05, 3.63) is 46.8 Å². The summed E-state index contributed by atoms with van der Waals surface area (Å²) in [6, 6.07) is 6.20. The Hall–Kier alpha value is -2.81. The van der Waals surface area contributed by atoms with Crippen molar-refractivity contribution in [2.75, 3.05) is 32.3 Å². The minimum Gasteiger partial charge on any atom is -0.497 e. The van der Waals surface area contributed by atoms with Gasteiger partial charge in [0.05, 0.1) is 25.7 Å². The van der Waals surface area contributed by atoms with E-state index in [1.807, 2.05) is 11.5 Å². The zero-order valence-corrected chi connectivity index (χ0v) is 18.2. The van der Waals surface area contributed by atoms with E-state index in [1.54, 1.807) is 25.1 Å². The molecule has 30 heavy (non-hydrogen) atoms. The molecule has 1 aliphatic rings. The van der Waals surface area contributed by atoms with Gasteiger partial charge in [-0.3, -0.25) is 4.79 Å². The second-order valence-corrected chi connectivity index (χ2v) is 9.51. The molecule has 8 nitrogen and oxygen atoms in total. The molecule has 0 bridgehead atoms. The lowest BCUT2D eigenvalue weighted by Crippen LogP contribution is -2.17. The van der Waals surface area contributed by atoms with Gasteiger partial charge >= 0.3 is 5.97 Å². The summed E-state index contributed by atoms with van der Waals surface area (Å²) in [6.45, 7) is 3.18. The molecule has 0 unspecified atom stereocenters. The van der Waals surface area contributed by atoms with Gasteiger partial charge in [0.25, 0.3) is 0 Å². The number of esters is 1. The molecule has 0 aliphatic carbocycles. The molecule has 1 aliphatic heterocycles. The molecule has 1 aromatic carbocycles. The van der Waals surface area contributed by atoms with Crippen LogP contribution in [0.15, 0.2) is 24.3 Å². The largest absolute Gasteiger partial charge is 0.497 e. The minimum atomic E-state index is -3.05. The fourth-order valence-corrected chi connectivity index (χ4v) is 5.55. The summed E-state index contributed by atoms with van der Waals surface area (Å²) in [6.07, 6.45) is 0.526. The van der Waals surface area contributed by atoms with E-state index in [0.29, 0.717) is 23.4 Å². The lowest BCUT2D eigenvalue weighted by atomic mass is 10.1. The first-order valence-corrected chi connectivity index (χ1v) is 11.3. The molecule has 9 heteroatoms. The molecule has 162 valence electrons. The average Bonchev–Trinajstić information content (AvgIpc) is 3.22. The molecule has 0 N–H and O–H groups in total. The molecule has 2 aromatic rings. The number of aryl methyl sites for hydroxylation is 1. The third-order valence-electron chi connectivity index (χ3n) is 5.32. The number of ketones is 1. The Morgan fingerprint density at radius 3 is 2.43 bits per heavy atom. The van der Waals surface area contributed by atoms with Crippen LogP contribution >= 0.6 is 0 Å². The predicted molar refractivity (Wildman–Crippen MR) is 110 cm³/mol. The van der Waals surface area contributed by atoms with Gasteiger partial charge in [0.15, 0.2) is 16.4 Å². The van der Waals surface area contributed by atoms with E-state index in [4.69, 9.17) is 14.2 Å². The summed E-state index contributed by atoms with van der Waals surface area (Å²) in [5.41, 5.74) is 2.10. The van der Waals surface area contributed by atoms with E-state index in [0.717, 1.165) is 5.69 Å². The number of carbonyl (C=O) groups excluding carboxylic acids is 2. The van der Waals surface area contributed by atoms with Crippen LogP contribution < -0.4 is 9.47 Å². The fraction of sp³-hybridized carbons (Fsp3) is 0.429. The van der Waals surface area contributed by atoms with Crippen LogP contribution in [0.3, 0.4) is 0 Å². The van der Waals surface area contributed by atoms with Gasteiger partial charge in [-0.05, 0) is 38.5 Å². The maximum absolute atomic E-state index is 12.7. The summed E-state index contributed by atoms with van der Waals surface area (Å²) in [5, 5.41) is 0. The van der Waals surface area contributed by atoms with Crippen LogP contribution in [-0.2, 0) is 14.6 Å². The number of methoxy groups -OCH3 is 2. The van der Waals surface area contributed by atoms with E-state index in [9.17, 15) is 18.0 Å². The first-order valence-electron chi connectivity index (χ1n) is 9.48. The van der Waals surface area contributed by atoms with Gasteiger partial charge in [0, 0.05) is 29.1 Å². The zero-order chi connectivity index (χ0) is 22.1. The van der Waals surface area contributed by atoms with Crippen LogP contribution in [0, 0.1) is 13.8 Å². The molecule has 2 heterocycles. The minimum absolute atomic E-state index is 0.0727. The fourth-order valence-electron chi connectivity index (χ4n) is 3.85. The van der Waals surface area contributed by atoms with Crippen LogP contribution in [0.25, 0.3) is 0 Å². The van der Waals surface area contributed by atoms with Gasteiger partial charge in [-0.2, -0.15) is 0 Å². The number of rotatable bonds is 7. The van der Waals surface area contributed by atoms with E-state index in [2.05, 4.69) is 0 Å². The first kappa shape index (κ1) is 21.9. The third-order valence-corrected chi connectivity index (χ3v) is 7.07. The van der Waals surface area contributed by atoms with Crippen molar-refractivity contribution in [1.82, 2.24) is 4.57 Å². The molecule has 0 spiro atoms. The van der Waals surface area contributed by atoms with Crippen molar-refractivity contribution < 1.29 is 32.2 Å². The second-order valence-electron chi connectivity index (χ2n) is 7.28. The molecule has 0 saturated carbocycles. The summed E-state index contributed by atoms with van der Waals surface area (Å²) in [4.78, 5) is 25.1. The van der Waals surface area contributed by atoms with Crippen LogP contribution in [-0.4, -0.2) is 57.1 Å². The van der Waals surface area contributed by atoms with Crippen LogP contribution in [0.4, 0.5) is 0 Å². The van der Waals surface area contributed by atoms with E-state index in [-0.39, 0.29) is 34.6 Å². The first-order chi connectivity index (χ1) is 14.2. The Labute approximate surface area is 175 Å². The predicted octanol–water partition coefficient (Wildman–Crippen LogP) is 2.52. The molecule has 1 atom stereocenters. The normalized spacial score (nSPS) is 17.5. The number of Topliss-reactive ketones (excluding diaryl/α,β-unsaturated/α-hetero) is 1. The van der Waals surface area contributed by atoms with Gasteiger partial charge in [-0.1, -0.05) is 0 Å². The number of aromatic nitrogens is 1. The van der Waals surface area contributed by atoms with Crippen molar-refractivity contribution >= 4 is 21.6 Å². The van der Waals surface area contributed by atoms with E-state index in [1.165, 1.54) is 20.3 Å². The summed E-state index contributed by atoms with van der Waals surface area (Å²) < 4.78 is 41.1.